The molecule has 2 aliphatic heterocycles. The normalized spacial score (nSPS) is 16.1. The van der Waals surface area contributed by atoms with Crippen molar-refractivity contribution in [2.24, 2.45) is 0 Å². The first-order valence-electron chi connectivity index (χ1n) is 9.70. The number of carbonyl (C=O) groups is 2. The fraction of sp³-hybridized carbons (Fsp3) is 0.429. The number of ether oxygens (including phenoxy) is 2. The average molecular weight is 384 g/mol. The minimum atomic E-state index is -0.115. The maximum absolute atomic E-state index is 12.5. The molecule has 7 nitrogen and oxygen atoms in total. The van der Waals surface area contributed by atoms with E-state index in [0.717, 1.165) is 29.9 Å². The van der Waals surface area contributed by atoms with Crippen LogP contribution in [0.3, 0.4) is 0 Å². The zero-order valence-corrected chi connectivity index (χ0v) is 15.8. The number of aryl methyl sites for hydroxylation is 1. The molecule has 4 rings (SSSR count). The number of nitrogens with zero attached hydrogens (tertiary/aromatic N) is 2. The summed E-state index contributed by atoms with van der Waals surface area (Å²) in [7, 11) is 0. The Morgan fingerprint density at radius 3 is 2.43 bits per heavy atom. The smallest absolute Gasteiger partial charge is 0.289 e. The van der Waals surface area contributed by atoms with E-state index in [9.17, 15) is 9.59 Å². The fourth-order valence-electron chi connectivity index (χ4n) is 3.56. The third kappa shape index (κ3) is 4.13. The molecule has 2 aliphatic rings. The van der Waals surface area contributed by atoms with E-state index in [4.69, 9.17) is 13.9 Å². The summed E-state index contributed by atoms with van der Waals surface area (Å²) in [4.78, 5) is 28.3. The molecular weight excluding hydrogens is 360 g/mol. The Hall–Kier alpha value is -2.96. The SMILES string of the molecule is O=C(CCCc1ccc2c(c1)OCCO2)N1CCN(C(=O)c2ccco2)CC1. The molecule has 7 heteroatoms. The van der Waals surface area contributed by atoms with Crippen molar-refractivity contribution in [3.05, 3.63) is 47.9 Å². The molecule has 1 fully saturated rings. The molecule has 0 radical (unpaired) electrons. The lowest BCUT2D eigenvalue weighted by Crippen LogP contribution is -2.50. The molecule has 0 unspecified atom stereocenters. The van der Waals surface area contributed by atoms with E-state index in [1.165, 1.54) is 6.26 Å². The summed E-state index contributed by atoms with van der Waals surface area (Å²) < 4.78 is 16.3. The highest BCUT2D eigenvalue weighted by Gasteiger charge is 2.25. The minimum absolute atomic E-state index is 0.115. The van der Waals surface area contributed by atoms with Gasteiger partial charge in [-0.1, -0.05) is 6.07 Å². The van der Waals surface area contributed by atoms with Crippen LogP contribution in [0.2, 0.25) is 0 Å². The van der Waals surface area contributed by atoms with Crippen LogP contribution in [0.5, 0.6) is 11.5 Å². The van der Waals surface area contributed by atoms with Gasteiger partial charge in [-0.3, -0.25) is 9.59 Å². The van der Waals surface area contributed by atoms with Crippen LogP contribution in [0, 0.1) is 0 Å². The first-order valence-corrected chi connectivity index (χ1v) is 9.70. The lowest BCUT2D eigenvalue weighted by molar-refractivity contribution is -0.132. The van der Waals surface area contributed by atoms with Gasteiger partial charge in [0.1, 0.15) is 13.2 Å². The van der Waals surface area contributed by atoms with Gasteiger partial charge in [-0.25, -0.2) is 0 Å². The highest BCUT2D eigenvalue weighted by molar-refractivity contribution is 5.91. The van der Waals surface area contributed by atoms with E-state index in [2.05, 4.69) is 0 Å². The van der Waals surface area contributed by atoms with E-state index in [0.29, 0.717) is 51.6 Å². The molecular formula is C21H24N2O5. The van der Waals surface area contributed by atoms with Crippen molar-refractivity contribution in [1.29, 1.82) is 0 Å². The predicted octanol–water partition coefficient (Wildman–Crippen LogP) is 2.36. The molecule has 148 valence electrons. The standard InChI is InChI=1S/C21H24N2O5/c24-20(5-1-3-16-6-7-17-19(15-16)28-14-13-27-17)22-8-10-23(11-9-22)21(25)18-4-2-12-26-18/h2,4,6-7,12,15H,1,3,5,8-11,13-14H2. The van der Waals surface area contributed by atoms with Crippen LogP contribution in [0.25, 0.3) is 0 Å². The quantitative estimate of drug-likeness (QED) is 0.791. The maximum atomic E-state index is 12.5. The van der Waals surface area contributed by atoms with E-state index in [1.54, 1.807) is 17.0 Å². The van der Waals surface area contributed by atoms with E-state index in [-0.39, 0.29) is 11.8 Å². The van der Waals surface area contributed by atoms with Crippen LogP contribution in [0.4, 0.5) is 0 Å². The number of furan rings is 1. The van der Waals surface area contributed by atoms with Crippen LogP contribution >= 0.6 is 0 Å². The van der Waals surface area contributed by atoms with Gasteiger partial charge in [0.05, 0.1) is 6.26 Å². The second-order valence-corrected chi connectivity index (χ2v) is 6.98. The second kappa shape index (κ2) is 8.37. The molecule has 1 saturated heterocycles. The highest BCUT2D eigenvalue weighted by atomic mass is 16.6. The number of fused-ring (bicyclic) bond motifs is 1. The molecule has 1 aromatic heterocycles. The number of hydrogen-bond acceptors (Lipinski definition) is 5. The second-order valence-electron chi connectivity index (χ2n) is 6.98. The summed E-state index contributed by atoms with van der Waals surface area (Å²) in [5.41, 5.74) is 1.14. The van der Waals surface area contributed by atoms with Crippen molar-refractivity contribution in [1.82, 2.24) is 9.80 Å². The Labute approximate surface area is 163 Å². The van der Waals surface area contributed by atoms with Crippen LogP contribution in [-0.4, -0.2) is 61.0 Å². The van der Waals surface area contributed by atoms with Crippen molar-refractivity contribution in [3.63, 3.8) is 0 Å². The van der Waals surface area contributed by atoms with Crippen LogP contribution in [0.15, 0.2) is 41.0 Å². The van der Waals surface area contributed by atoms with Gasteiger partial charge in [-0.15, -0.1) is 0 Å². The number of hydrogen-bond donors (Lipinski definition) is 0. The van der Waals surface area contributed by atoms with E-state index < -0.39 is 0 Å². The summed E-state index contributed by atoms with van der Waals surface area (Å²) in [6.45, 7) is 3.36. The number of carbonyl (C=O) groups excluding carboxylic acids is 2. The summed E-state index contributed by atoms with van der Waals surface area (Å²) in [5.74, 6) is 1.94. The molecule has 0 bridgehead atoms. The van der Waals surface area contributed by atoms with Gasteiger partial charge >= 0.3 is 0 Å². The summed E-state index contributed by atoms with van der Waals surface area (Å²) in [6.07, 6.45) is 3.60. The lowest BCUT2D eigenvalue weighted by Gasteiger charge is -2.34. The van der Waals surface area contributed by atoms with Crippen molar-refractivity contribution in [2.45, 2.75) is 19.3 Å². The third-order valence-corrected chi connectivity index (χ3v) is 5.11. The first-order chi connectivity index (χ1) is 13.7. The molecule has 28 heavy (non-hydrogen) atoms. The van der Waals surface area contributed by atoms with Gasteiger partial charge in [0, 0.05) is 32.6 Å². The molecule has 0 spiro atoms. The molecule has 2 aromatic rings. The van der Waals surface area contributed by atoms with Gasteiger partial charge < -0.3 is 23.7 Å². The summed E-state index contributed by atoms with van der Waals surface area (Å²) in [6, 6.07) is 9.32. The molecule has 0 N–H and O–H groups in total. The first kappa shape index (κ1) is 18.4. The average Bonchev–Trinajstić information content (AvgIpc) is 3.28. The predicted molar refractivity (Wildman–Crippen MR) is 102 cm³/mol. The Kier molecular flexibility index (Phi) is 5.50. The number of piperazine rings is 1. The molecule has 0 aliphatic carbocycles. The zero-order valence-electron chi connectivity index (χ0n) is 15.8. The van der Waals surface area contributed by atoms with Gasteiger partial charge in [0.2, 0.25) is 5.91 Å². The molecule has 2 amide bonds. The van der Waals surface area contributed by atoms with Gasteiger partial charge in [-0.05, 0) is 42.7 Å². The van der Waals surface area contributed by atoms with Gasteiger partial charge in [-0.2, -0.15) is 0 Å². The molecule has 0 atom stereocenters. The molecule has 1 aromatic carbocycles. The monoisotopic (exact) mass is 384 g/mol. The summed E-state index contributed by atoms with van der Waals surface area (Å²) >= 11 is 0. The van der Waals surface area contributed by atoms with E-state index >= 15 is 0 Å². The minimum Gasteiger partial charge on any atom is -0.486 e. The van der Waals surface area contributed by atoms with Crippen LogP contribution < -0.4 is 9.47 Å². The number of rotatable bonds is 5. The van der Waals surface area contributed by atoms with Gasteiger partial charge in [0.25, 0.3) is 5.91 Å². The van der Waals surface area contributed by atoms with E-state index in [1.807, 2.05) is 23.1 Å². The fourth-order valence-corrected chi connectivity index (χ4v) is 3.56. The Morgan fingerprint density at radius 2 is 1.68 bits per heavy atom. The van der Waals surface area contributed by atoms with Gasteiger partial charge in [0.15, 0.2) is 17.3 Å². The lowest BCUT2D eigenvalue weighted by atomic mass is 10.1. The number of benzene rings is 1. The van der Waals surface area contributed by atoms with Crippen molar-refractivity contribution in [2.75, 3.05) is 39.4 Å². The van der Waals surface area contributed by atoms with Crippen LogP contribution in [0.1, 0.15) is 29.0 Å². The Bertz CT molecular complexity index is 825. The van der Waals surface area contributed by atoms with Crippen LogP contribution in [-0.2, 0) is 11.2 Å². The Balaban J connectivity index is 1.21. The molecule has 0 saturated carbocycles. The Morgan fingerprint density at radius 1 is 0.929 bits per heavy atom. The van der Waals surface area contributed by atoms with Crippen molar-refractivity contribution >= 4 is 11.8 Å². The topological polar surface area (TPSA) is 72.2 Å². The van der Waals surface area contributed by atoms with Crippen molar-refractivity contribution in [3.8, 4) is 11.5 Å². The summed E-state index contributed by atoms with van der Waals surface area (Å²) in [5, 5.41) is 0. The highest BCUT2D eigenvalue weighted by Crippen LogP contribution is 2.31. The number of amides is 2. The van der Waals surface area contributed by atoms with Crippen molar-refractivity contribution < 1.29 is 23.5 Å². The molecule has 3 heterocycles. The largest absolute Gasteiger partial charge is 0.486 e. The third-order valence-electron chi connectivity index (χ3n) is 5.11. The zero-order chi connectivity index (χ0) is 19.3. The maximum Gasteiger partial charge on any atom is 0.289 e.